The quantitative estimate of drug-likeness (QED) is 0.738. The molecule has 0 aliphatic heterocycles. The number of nitrogens with two attached hydrogens (primary N) is 1. The molecule has 0 radical (unpaired) electrons. The Kier molecular flexibility index (Phi) is 4.36. The Morgan fingerprint density at radius 1 is 1.10 bits per heavy atom. The third-order valence-corrected chi connectivity index (χ3v) is 5.06. The first kappa shape index (κ1) is 15.3. The summed E-state index contributed by atoms with van der Waals surface area (Å²) in [6.07, 6.45) is 0. The second kappa shape index (κ2) is 5.71. The van der Waals surface area contributed by atoms with Crippen molar-refractivity contribution in [2.75, 3.05) is 10.5 Å². The van der Waals surface area contributed by atoms with Crippen LogP contribution in [-0.4, -0.2) is 8.42 Å². The van der Waals surface area contributed by atoms with E-state index in [0.29, 0.717) is 10.2 Å². The van der Waals surface area contributed by atoms with Crippen LogP contribution >= 0.6 is 31.9 Å². The summed E-state index contributed by atoms with van der Waals surface area (Å²) in [5, 5.41) is 0. The van der Waals surface area contributed by atoms with E-state index in [-0.39, 0.29) is 10.2 Å². The van der Waals surface area contributed by atoms with Crippen molar-refractivity contribution >= 4 is 53.3 Å². The number of rotatable bonds is 3. The molecule has 2 aromatic carbocycles. The first-order chi connectivity index (χ1) is 9.31. The molecular formula is C12H9Br2FN2O2S. The van der Waals surface area contributed by atoms with Crippen LogP contribution in [0.5, 0.6) is 0 Å². The summed E-state index contributed by atoms with van der Waals surface area (Å²) < 4.78 is 41.3. The SMILES string of the molecule is Nc1cc(Br)c(F)c(S(=O)(=O)Nc2ccccc2Br)c1. The Hall–Kier alpha value is -1.12. The molecule has 0 aromatic heterocycles. The summed E-state index contributed by atoms with van der Waals surface area (Å²) in [5.41, 5.74) is 6.00. The van der Waals surface area contributed by atoms with Crippen molar-refractivity contribution in [3.05, 3.63) is 51.2 Å². The van der Waals surface area contributed by atoms with E-state index >= 15 is 0 Å². The van der Waals surface area contributed by atoms with Gasteiger partial charge in [-0.15, -0.1) is 0 Å². The lowest BCUT2D eigenvalue weighted by Crippen LogP contribution is -2.15. The van der Waals surface area contributed by atoms with Crippen LogP contribution in [-0.2, 0) is 10.0 Å². The van der Waals surface area contributed by atoms with Crippen LogP contribution in [0.15, 0.2) is 50.2 Å². The fourth-order valence-electron chi connectivity index (χ4n) is 1.52. The van der Waals surface area contributed by atoms with Crippen molar-refractivity contribution in [2.24, 2.45) is 0 Å². The highest BCUT2D eigenvalue weighted by Crippen LogP contribution is 2.29. The first-order valence-electron chi connectivity index (χ1n) is 5.33. The van der Waals surface area contributed by atoms with Crippen LogP contribution in [0.2, 0.25) is 0 Å². The molecule has 0 amide bonds. The average molecular weight is 424 g/mol. The van der Waals surface area contributed by atoms with Gasteiger partial charge in [-0.1, -0.05) is 12.1 Å². The second-order valence-electron chi connectivity index (χ2n) is 3.90. The van der Waals surface area contributed by atoms with Crippen LogP contribution < -0.4 is 10.5 Å². The molecule has 0 aliphatic carbocycles. The molecule has 3 N–H and O–H groups in total. The highest BCUT2D eigenvalue weighted by atomic mass is 79.9. The molecular weight excluding hydrogens is 415 g/mol. The Balaban J connectivity index is 2.49. The van der Waals surface area contributed by atoms with Gasteiger partial charge < -0.3 is 5.73 Å². The number of anilines is 2. The summed E-state index contributed by atoms with van der Waals surface area (Å²) in [6, 6.07) is 8.99. The zero-order chi connectivity index (χ0) is 14.9. The number of nitrogen functional groups attached to an aromatic ring is 1. The van der Waals surface area contributed by atoms with Gasteiger partial charge in [-0.3, -0.25) is 4.72 Å². The van der Waals surface area contributed by atoms with E-state index in [2.05, 4.69) is 36.6 Å². The van der Waals surface area contributed by atoms with Crippen LogP contribution in [0.1, 0.15) is 0 Å². The topological polar surface area (TPSA) is 72.2 Å². The molecule has 0 unspecified atom stereocenters. The smallest absolute Gasteiger partial charge is 0.264 e. The van der Waals surface area contributed by atoms with E-state index < -0.39 is 20.7 Å². The van der Waals surface area contributed by atoms with Crippen molar-refractivity contribution in [3.8, 4) is 0 Å². The molecule has 0 heterocycles. The average Bonchev–Trinajstić information content (AvgIpc) is 2.36. The molecule has 2 rings (SSSR count). The van der Waals surface area contributed by atoms with Crippen molar-refractivity contribution in [3.63, 3.8) is 0 Å². The number of sulfonamides is 1. The molecule has 0 fully saturated rings. The molecule has 0 atom stereocenters. The molecule has 4 nitrogen and oxygen atoms in total. The van der Waals surface area contributed by atoms with Gasteiger partial charge in [0.15, 0.2) is 5.82 Å². The Morgan fingerprint density at radius 2 is 1.75 bits per heavy atom. The molecule has 0 aliphatic rings. The van der Waals surface area contributed by atoms with Gasteiger partial charge in [-0.05, 0) is 56.1 Å². The molecule has 2 aromatic rings. The number of halogens is 3. The normalized spacial score (nSPS) is 11.3. The predicted molar refractivity (Wildman–Crippen MR) is 83.5 cm³/mol. The van der Waals surface area contributed by atoms with Crippen LogP contribution in [0.25, 0.3) is 0 Å². The van der Waals surface area contributed by atoms with Gasteiger partial charge in [0.25, 0.3) is 10.0 Å². The lowest BCUT2D eigenvalue weighted by Gasteiger charge is -2.11. The minimum absolute atomic E-state index is 0.00926. The monoisotopic (exact) mass is 422 g/mol. The molecule has 0 saturated carbocycles. The fourth-order valence-corrected chi connectivity index (χ4v) is 3.86. The maximum atomic E-state index is 13.9. The van der Waals surface area contributed by atoms with E-state index in [1.165, 1.54) is 6.07 Å². The van der Waals surface area contributed by atoms with E-state index in [1.54, 1.807) is 24.3 Å². The Labute approximate surface area is 132 Å². The number of hydrogen-bond acceptors (Lipinski definition) is 3. The predicted octanol–water partition coefficient (Wildman–Crippen LogP) is 3.73. The highest BCUT2D eigenvalue weighted by molar-refractivity contribution is 9.10. The number of benzene rings is 2. The minimum Gasteiger partial charge on any atom is -0.399 e. The van der Waals surface area contributed by atoms with Crippen molar-refractivity contribution in [1.29, 1.82) is 0 Å². The van der Waals surface area contributed by atoms with E-state index in [1.807, 2.05) is 0 Å². The molecule has 0 saturated heterocycles. The first-order valence-corrected chi connectivity index (χ1v) is 8.40. The number of para-hydroxylation sites is 1. The number of hydrogen-bond donors (Lipinski definition) is 2. The highest BCUT2D eigenvalue weighted by Gasteiger charge is 2.22. The van der Waals surface area contributed by atoms with Crippen molar-refractivity contribution in [2.45, 2.75) is 4.90 Å². The van der Waals surface area contributed by atoms with E-state index in [4.69, 9.17) is 5.73 Å². The summed E-state index contributed by atoms with van der Waals surface area (Å²) in [5.74, 6) is -0.890. The Bertz CT molecular complexity index is 766. The molecule has 0 spiro atoms. The third kappa shape index (κ3) is 3.13. The Morgan fingerprint density at radius 3 is 2.40 bits per heavy atom. The molecule has 0 bridgehead atoms. The summed E-state index contributed by atoms with van der Waals surface area (Å²) in [4.78, 5) is -0.514. The van der Waals surface area contributed by atoms with Crippen molar-refractivity contribution in [1.82, 2.24) is 0 Å². The van der Waals surface area contributed by atoms with Crippen LogP contribution in [0, 0.1) is 5.82 Å². The van der Waals surface area contributed by atoms with Crippen LogP contribution in [0.3, 0.4) is 0 Å². The minimum atomic E-state index is -4.08. The maximum absolute atomic E-state index is 13.9. The van der Waals surface area contributed by atoms with E-state index in [0.717, 1.165) is 6.07 Å². The van der Waals surface area contributed by atoms with Gasteiger partial charge in [0.1, 0.15) is 4.90 Å². The van der Waals surface area contributed by atoms with Gasteiger partial charge in [0, 0.05) is 10.2 Å². The molecule has 8 heteroatoms. The number of nitrogens with one attached hydrogen (secondary N) is 1. The lowest BCUT2D eigenvalue weighted by molar-refractivity contribution is 0.567. The third-order valence-electron chi connectivity index (χ3n) is 2.42. The summed E-state index contributed by atoms with van der Waals surface area (Å²) in [6.45, 7) is 0. The largest absolute Gasteiger partial charge is 0.399 e. The molecule has 106 valence electrons. The van der Waals surface area contributed by atoms with Crippen molar-refractivity contribution < 1.29 is 12.8 Å². The van der Waals surface area contributed by atoms with Gasteiger partial charge in [-0.25, -0.2) is 12.8 Å². The van der Waals surface area contributed by atoms with Gasteiger partial charge >= 0.3 is 0 Å². The van der Waals surface area contributed by atoms with E-state index in [9.17, 15) is 12.8 Å². The van der Waals surface area contributed by atoms with Gasteiger partial charge in [-0.2, -0.15) is 0 Å². The second-order valence-corrected chi connectivity index (χ2v) is 7.26. The standard InChI is InChI=1S/C12H9Br2FN2O2S/c13-8-3-1-2-4-10(8)17-20(18,19)11-6-7(16)5-9(14)12(11)15/h1-6,17H,16H2. The summed E-state index contributed by atoms with van der Waals surface area (Å²) in [7, 11) is -4.08. The summed E-state index contributed by atoms with van der Waals surface area (Å²) >= 11 is 6.15. The fraction of sp³-hybridized carbons (Fsp3) is 0. The van der Waals surface area contributed by atoms with Crippen LogP contribution in [0.4, 0.5) is 15.8 Å². The zero-order valence-electron chi connectivity index (χ0n) is 9.90. The lowest BCUT2D eigenvalue weighted by atomic mass is 10.3. The molecule has 20 heavy (non-hydrogen) atoms. The van der Waals surface area contributed by atoms with Gasteiger partial charge in [0.2, 0.25) is 0 Å². The van der Waals surface area contributed by atoms with Gasteiger partial charge in [0.05, 0.1) is 10.2 Å². The zero-order valence-corrected chi connectivity index (χ0v) is 13.9. The maximum Gasteiger partial charge on any atom is 0.264 e.